The zero-order valence-corrected chi connectivity index (χ0v) is 11.1. The topological polar surface area (TPSA) is 21.3 Å². The first-order valence-corrected chi connectivity index (χ1v) is 6.85. The average molecular weight is 243 g/mol. The summed E-state index contributed by atoms with van der Waals surface area (Å²) in [6.45, 7) is 2.23. The van der Waals surface area contributed by atoms with E-state index in [1.54, 1.807) is 7.11 Å². The number of hydrogen-bond donors (Lipinski definition) is 1. The van der Waals surface area contributed by atoms with Crippen molar-refractivity contribution in [3.05, 3.63) is 42.0 Å². The Balaban J connectivity index is 1.67. The van der Waals surface area contributed by atoms with E-state index in [1.807, 2.05) is 12.1 Å². The molecule has 2 nitrogen and oxygen atoms in total. The van der Waals surface area contributed by atoms with Crippen molar-refractivity contribution in [3.63, 3.8) is 0 Å². The summed E-state index contributed by atoms with van der Waals surface area (Å²) < 4.78 is 5.43. The highest BCUT2D eigenvalue weighted by Crippen LogP contribution is 2.43. The van der Waals surface area contributed by atoms with Crippen molar-refractivity contribution < 1.29 is 4.74 Å². The van der Waals surface area contributed by atoms with Crippen molar-refractivity contribution in [1.82, 2.24) is 5.32 Å². The van der Waals surface area contributed by atoms with Crippen LogP contribution in [-0.2, 0) is 0 Å². The maximum absolute atomic E-state index is 5.43. The van der Waals surface area contributed by atoms with Gasteiger partial charge in [-0.15, -0.1) is 0 Å². The average Bonchev–Trinajstić information content (AvgIpc) is 2.77. The molecule has 4 unspecified atom stereocenters. The fourth-order valence-corrected chi connectivity index (χ4v) is 3.34. The minimum Gasteiger partial charge on any atom is -0.496 e. The third-order valence-electron chi connectivity index (χ3n) is 4.43. The third kappa shape index (κ3) is 1.95. The Morgan fingerprint density at radius 1 is 1.33 bits per heavy atom. The first-order chi connectivity index (χ1) is 8.79. The molecule has 0 radical (unpaired) electrons. The molecule has 96 valence electrons. The molecule has 18 heavy (non-hydrogen) atoms. The molecule has 0 saturated heterocycles. The number of rotatable bonds is 4. The normalized spacial score (nSPS) is 30.7. The van der Waals surface area contributed by atoms with Crippen molar-refractivity contribution in [2.24, 2.45) is 11.8 Å². The van der Waals surface area contributed by atoms with Crippen LogP contribution in [0.5, 0.6) is 5.75 Å². The molecule has 1 aromatic rings. The van der Waals surface area contributed by atoms with Crippen LogP contribution in [0.2, 0.25) is 0 Å². The number of allylic oxidation sites excluding steroid dienone is 1. The monoisotopic (exact) mass is 243 g/mol. The van der Waals surface area contributed by atoms with Gasteiger partial charge in [0.1, 0.15) is 5.75 Å². The standard InChI is InChI=1S/C16H21NO/c1-11(13-7-3-4-9-16(13)18-2)17-15-10-12-6-5-8-14(12)15/h3-5,7-9,11-12,14-15,17H,6,10H2,1-2H3. The highest BCUT2D eigenvalue weighted by atomic mass is 16.5. The van der Waals surface area contributed by atoms with Crippen LogP contribution >= 0.6 is 0 Å². The van der Waals surface area contributed by atoms with Crippen LogP contribution in [0.4, 0.5) is 0 Å². The van der Waals surface area contributed by atoms with E-state index in [1.165, 1.54) is 18.4 Å². The molecule has 1 aromatic carbocycles. The van der Waals surface area contributed by atoms with Crippen LogP contribution in [-0.4, -0.2) is 13.2 Å². The molecule has 0 bridgehead atoms. The Morgan fingerprint density at radius 2 is 2.17 bits per heavy atom. The van der Waals surface area contributed by atoms with Crippen molar-refractivity contribution in [2.45, 2.75) is 31.8 Å². The summed E-state index contributed by atoms with van der Waals surface area (Å²) in [7, 11) is 1.74. The van der Waals surface area contributed by atoms with E-state index in [-0.39, 0.29) is 0 Å². The second-order valence-electron chi connectivity index (χ2n) is 5.47. The quantitative estimate of drug-likeness (QED) is 0.819. The van der Waals surface area contributed by atoms with Gasteiger partial charge in [0.2, 0.25) is 0 Å². The summed E-state index contributed by atoms with van der Waals surface area (Å²) in [4.78, 5) is 0. The number of nitrogens with one attached hydrogen (secondary N) is 1. The van der Waals surface area contributed by atoms with E-state index < -0.39 is 0 Å². The Kier molecular flexibility index (Phi) is 3.13. The molecule has 0 aliphatic heterocycles. The minimum atomic E-state index is 0.348. The van der Waals surface area contributed by atoms with Crippen LogP contribution in [0.1, 0.15) is 31.4 Å². The lowest BCUT2D eigenvalue weighted by atomic mass is 9.71. The second kappa shape index (κ2) is 4.77. The number of fused-ring (bicyclic) bond motifs is 1. The zero-order valence-electron chi connectivity index (χ0n) is 11.1. The molecule has 0 spiro atoms. The van der Waals surface area contributed by atoms with E-state index in [4.69, 9.17) is 4.74 Å². The van der Waals surface area contributed by atoms with E-state index in [0.717, 1.165) is 17.6 Å². The Hall–Kier alpha value is -1.28. The van der Waals surface area contributed by atoms with Crippen LogP contribution < -0.4 is 10.1 Å². The molecule has 0 amide bonds. The van der Waals surface area contributed by atoms with Crippen LogP contribution in [0.25, 0.3) is 0 Å². The van der Waals surface area contributed by atoms with Gasteiger partial charge >= 0.3 is 0 Å². The predicted molar refractivity (Wildman–Crippen MR) is 73.7 cm³/mol. The van der Waals surface area contributed by atoms with Gasteiger partial charge in [0.25, 0.3) is 0 Å². The zero-order chi connectivity index (χ0) is 12.5. The molecule has 0 aromatic heterocycles. The van der Waals surface area contributed by atoms with Gasteiger partial charge in [-0.3, -0.25) is 0 Å². The SMILES string of the molecule is COc1ccccc1C(C)NC1CC2CC=CC21. The molecule has 2 aliphatic rings. The highest BCUT2D eigenvalue weighted by molar-refractivity contribution is 5.35. The summed E-state index contributed by atoms with van der Waals surface area (Å²) >= 11 is 0. The number of hydrogen-bond acceptors (Lipinski definition) is 2. The molecule has 2 heteroatoms. The number of para-hydroxylation sites is 1. The highest BCUT2D eigenvalue weighted by Gasteiger charge is 2.41. The first kappa shape index (κ1) is 11.8. The molecule has 1 saturated carbocycles. The summed E-state index contributed by atoms with van der Waals surface area (Å²) in [6, 6.07) is 9.28. The van der Waals surface area contributed by atoms with Gasteiger partial charge in [0, 0.05) is 17.6 Å². The molecule has 0 heterocycles. The molecular formula is C16H21NO. The lowest BCUT2D eigenvalue weighted by molar-refractivity contribution is 0.152. The van der Waals surface area contributed by atoms with Gasteiger partial charge in [-0.2, -0.15) is 0 Å². The van der Waals surface area contributed by atoms with Crippen molar-refractivity contribution in [3.8, 4) is 5.75 Å². The van der Waals surface area contributed by atoms with Crippen molar-refractivity contribution >= 4 is 0 Å². The molecule has 1 fully saturated rings. The van der Waals surface area contributed by atoms with Gasteiger partial charge in [-0.05, 0) is 37.7 Å². The minimum absolute atomic E-state index is 0.348. The molecular weight excluding hydrogens is 222 g/mol. The van der Waals surface area contributed by atoms with Crippen LogP contribution in [0.15, 0.2) is 36.4 Å². The Labute approximate surface area is 109 Å². The third-order valence-corrected chi connectivity index (χ3v) is 4.43. The van der Waals surface area contributed by atoms with Crippen molar-refractivity contribution in [2.75, 3.05) is 7.11 Å². The number of ether oxygens (including phenoxy) is 1. The Bertz CT molecular complexity index is 454. The fourth-order valence-electron chi connectivity index (χ4n) is 3.34. The molecule has 4 atom stereocenters. The van der Waals surface area contributed by atoms with Gasteiger partial charge in [-0.25, -0.2) is 0 Å². The summed E-state index contributed by atoms with van der Waals surface area (Å²) in [6.07, 6.45) is 7.33. The van der Waals surface area contributed by atoms with Gasteiger partial charge in [0.15, 0.2) is 0 Å². The second-order valence-corrected chi connectivity index (χ2v) is 5.47. The lowest BCUT2D eigenvalue weighted by Gasteiger charge is -2.42. The lowest BCUT2D eigenvalue weighted by Crippen LogP contribution is -2.48. The Morgan fingerprint density at radius 3 is 2.94 bits per heavy atom. The first-order valence-electron chi connectivity index (χ1n) is 6.85. The van der Waals surface area contributed by atoms with Gasteiger partial charge in [0.05, 0.1) is 7.11 Å². The smallest absolute Gasteiger partial charge is 0.123 e. The van der Waals surface area contributed by atoms with Crippen LogP contribution in [0.3, 0.4) is 0 Å². The van der Waals surface area contributed by atoms with E-state index in [9.17, 15) is 0 Å². The van der Waals surface area contributed by atoms with E-state index in [0.29, 0.717) is 12.1 Å². The van der Waals surface area contributed by atoms with Crippen molar-refractivity contribution in [1.29, 1.82) is 0 Å². The summed E-state index contributed by atoms with van der Waals surface area (Å²) in [5.41, 5.74) is 1.26. The number of methoxy groups -OCH3 is 1. The largest absolute Gasteiger partial charge is 0.496 e. The maximum Gasteiger partial charge on any atom is 0.123 e. The molecule has 3 rings (SSSR count). The molecule has 2 aliphatic carbocycles. The van der Waals surface area contributed by atoms with E-state index >= 15 is 0 Å². The van der Waals surface area contributed by atoms with Gasteiger partial charge in [-0.1, -0.05) is 30.4 Å². The maximum atomic E-state index is 5.43. The number of benzene rings is 1. The summed E-state index contributed by atoms with van der Waals surface area (Å²) in [5.74, 6) is 2.66. The summed E-state index contributed by atoms with van der Waals surface area (Å²) in [5, 5.41) is 3.75. The molecule has 1 N–H and O–H groups in total. The van der Waals surface area contributed by atoms with Crippen LogP contribution in [0, 0.1) is 11.8 Å². The predicted octanol–water partition coefficient (Wildman–Crippen LogP) is 3.31. The van der Waals surface area contributed by atoms with Gasteiger partial charge < -0.3 is 10.1 Å². The van der Waals surface area contributed by atoms with E-state index in [2.05, 4.69) is 36.5 Å². The fraction of sp³-hybridized carbons (Fsp3) is 0.500.